The van der Waals surface area contributed by atoms with Gasteiger partial charge >= 0.3 is 5.97 Å². The van der Waals surface area contributed by atoms with E-state index in [1.165, 1.54) is 16.2 Å². The molecule has 0 bridgehead atoms. The van der Waals surface area contributed by atoms with Crippen molar-refractivity contribution in [1.29, 1.82) is 0 Å². The van der Waals surface area contributed by atoms with Gasteiger partial charge in [0.25, 0.3) is 0 Å². The number of esters is 1. The molecule has 1 aliphatic heterocycles. The Labute approximate surface area is 151 Å². The Kier molecular flexibility index (Phi) is 3.73. The van der Waals surface area contributed by atoms with Crippen LogP contribution in [0.4, 0.5) is 0 Å². The molecule has 0 radical (unpaired) electrons. The molecule has 4 aromatic rings. The van der Waals surface area contributed by atoms with Crippen molar-refractivity contribution in [3.05, 3.63) is 54.6 Å². The van der Waals surface area contributed by atoms with E-state index in [1.807, 2.05) is 12.1 Å². The zero-order valence-corrected chi connectivity index (χ0v) is 14.4. The molecule has 0 spiro atoms. The highest BCUT2D eigenvalue weighted by Crippen LogP contribution is 2.38. The lowest BCUT2D eigenvalue weighted by Crippen LogP contribution is -2.40. The van der Waals surface area contributed by atoms with Crippen molar-refractivity contribution in [1.82, 2.24) is 4.90 Å². The molecule has 26 heavy (non-hydrogen) atoms. The molecular formula is C22H19NO3. The first-order valence-electron chi connectivity index (χ1n) is 8.97. The lowest BCUT2D eigenvalue weighted by molar-refractivity contribution is -0.136. The highest BCUT2D eigenvalue weighted by atomic mass is 16.5. The van der Waals surface area contributed by atoms with Crippen LogP contribution in [0, 0.1) is 0 Å². The average Bonchev–Trinajstić information content (AvgIpc) is 2.68. The summed E-state index contributed by atoms with van der Waals surface area (Å²) in [4.78, 5) is 14.5. The van der Waals surface area contributed by atoms with Gasteiger partial charge in [-0.1, -0.05) is 42.5 Å². The fourth-order valence-corrected chi connectivity index (χ4v) is 3.89. The topological polar surface area (TPSA) is 38.8 Å². The number of carbonyl (C=O) groups is 1. The summed E-state index contributed by atoms with van der Waals surface area (Å²) in [6.45, 7) is 3.19. The number of benzene rings is 4. The van der Waals surface area contributed by atoms with E-state index in [-0.39, 0.29) is 5.97 Å². The van der Waals surface area contributed by atoms with E-state index in [1.54, 1.807) is 0 Å². The monoisotopic (exact) mass is 345 g/mol. The first-order valence-corrected chi connectivity index (χ1v) is 8.97. The first-order chi connectivity index (χ1) is 12.8. The van der Waals surface area contributed by atoms with E-state index in [2.05, 4.69) is 47.4 Å². The standard InChI is InChI=1S/C22H19NO3/c24-20(14-23-10-12-25-13-11-23)26-19-9-7-17-5-4-15-2-1-3-16-6-8-18(19)22(17)21(15)16/h1-9H,10-14H2. The third-order valence-electron chi connectivity index (χ3n) is 5.17. The largest absolute Gasteiger partial charge is 0.425 e. The van der Waals surface area contributed by atoms with Gasteiger partial charge in [-0.15, -0.1) is 0 Å². The molecule has 0 atom stereocenters. The van der Waals surface area contributed by atoms with Gasteiger partial charge in [0, 0.05) is 23.9 Å². The molecule has 1 saturated heterocycles. The number of hydrogen-bond donors (Lipinski definition) is 0. The summed E-state index contributed by atoms with van der Waals surface area (Å²) in [6, 6.07) is 18.7. The first kappa shape index (κ1) is 15.6. The Morgan fingerprint density at radius 1 is 0.885 bits per heavy atom. The second-order valence-electron chi connectivity index (χ2n) is 6.78. The fourth-order valence-electron chi connectivity index (χ4n) is 3.89. The van der Waals surface area contributed by atoms with Gasteiger partial charge in [-0.3, -0.25) is 9.69 Å². The molecule has 0 saturated carbocycles. The van der Waals surface area contributed by atoms with Gasteiger partial charge in [-0.25, -0.2) is 0 Å². The third kappa shape index (κ3) is 2.59. The molecule has 130 valence electrons. The average molecular weight is 345 g/mol. The summed E-state index contributed by atoms with van der Waals surface area (Å²) < 4.78 is 11.1. The van der Waals surface area contributed by atoms with Crippen LogP contribution in [-0.4, -0.2) is 43.7 Å². The van der Waals surface area contributed by atoms with Gasteiger partial charge in [-0.2, -0.15) is 0 Å². The van der Waals surface area contributed by atoms with Gasteiger partial charge in [0.1, 0.15) is 5.75 Å². The number of carbonyl (C=O) groups excluding carboxylic acids is 1. The SMILES string of the molecule is O=C(CN1CCOCC1)Oc1ccc2ccc3cccc4ccc1c2c34. The number of nitrogens with zero attached hydrogens (tertiary/aromatic N) is 1. The molecule has 1 fully saturated rings. The van der Waals surface area contributed by atoms with Crippen LogP contribution < -0.4 is 4.74 Å². The smallest absolute Gasteiger partial charge is 0.325 e. The Morgan fingerprint density at radius 3 is 2.31 bits per heavy atom. The molecule has 4 aromatic carbocycles. The molecule has 4 heteroatoms. The van der Waals surface area contributed by atoms with Crippen LogP contribution in [-0.2, 0) is 9.53 Å². The molecule has 1 aliphatic rings. The Morgan fingerprint density at radius 2 is 1.54 bits per heavy atom. The number of ether oxygens (including phenoxy) is 2. The minimum atomic E-state index is -0.220. The lowest BCUT2D eigenvalue weighted by Gasteiger charge is -2.25. The van der Waals surface area contributed by atoms with Gasteiger partial charge in [-0.05, 0) is 33.7 Å². The van der Waals surface area contributed by atoms with Crippen LogP contribution in [0.2, 0.25) is 0 Å². The maximum atomic E-state index is 12.4. The van der Waals surface area contributed by atoms with Crippen molar-refractivity contribution in [2.24, 2.45) is 0 Å². The molecule has 0 aromatic heterocycles. The molecule has 1 heterocycles. The lowest BCUT2D eigenvalue weighted by atomic mass is 9.94. The van der Waals surface area contributed by atoms with Gasteiger partial charge in [0.2, 0.25) is 0 Å². The second-order valence-corrected chi connectivity index (χ2v) is 6.78. The quantitative estimate of drug-likeness (QED) is 0.321. The predicted octanol–water partition coefficient (Wildman–Crippen LogP) is 3.82. The Hall–Kier alpha value is -2.69. The van der Waals surface area contributed by atoms with Crippen LogP contribution in [0.25, 0.3) is 32.3 Å². The molecule has 5 rings (SSSR count). The van der Waals surface area contributed by atoms with Crippen LogP contribution in [0.3, 0.4) is 0 Å². The summed E-state index contributed by atoms with van der Waals surface area (Å²) in [7, 11) is 0. The Balaban J connectivity index is 1.54. The Bertz CT molecular complexity index is 1080. The number of hydrogen-bond acceptors (Lipinski definition) is 4. The summed E-state index contributed by atoms with van der Waals surface area (Å²) in [5.41, 5.74) is 0. The van der Waals surface area contributed by atoms with E-state index in [0.29, 0.717) is 25.5 Å². The molecule has 0 amide bonds. The number of morpholine rings is 1. The minimum Gasteiger partial charge on any atom is -0.425 e. The fraction of sp³-hybridized carbons (Fsp3) is 0.227. The van der Waals surface area contributed by atoms with Crippen molar-refractivity contribution in [3.63, 3.8) is 0 Å². The maximum Gasteiger partial charge on any atom is 0.325 e. The van der Waals surface area contributed by atoms with Gasteiger partial charge < -0.3 is 9.47 Å². The zero-order chi connectivity index (χ0) is 17.5. The van der Waals surface area contributed by atoms with Crippen molar-refractivity contribution >= 4 is 38.3 Å². The van der Waals surface area contributed by atoms with Crippen molar-refractivity contribution in [2.75, 3.05) is 32.8 Å². The second kappa shape index (κ2) is 6.24. The summed E-state index contributed by atoms with van der Waals surface area (Å²) in [5, 5.41) is 6.96. The van der Waals surface area contributed by atoms with E-state index >= 15 is 0 Å². The molecule has 0 aliphatic carbocycles. The van der Waals surface area contributed by atoms with Gasteiger partial charge in [0.05, 0.1) is 19.8 Å². The molecule has 0 unspecified atom stereocenters. The van der Waals surface area contributed by atoms with Crippen molar-refractivity contribution < 1.29 is 14.3 Å². The third-order valence-corrected chi connectivity index (χ3v) is 5.17. The van der Waals surface area contributed by atoms with E-state index < -0.39 is 0 Å². The van der Waals surface area contributed by atoms with Crippen molar-refractivity contribution in [3.8, 4) is 5.75 Å². The molecular weight excluding hydrogens is 326 g/mol. The molecule has 4 nitrogen and oxygen atoms in total. The van der Waals surface area contributed by atoms with Crippen molar-refractivity contribution in [2.45, 2.75) is 0 Å². The normalized spacial score (nSPS) is 15.8. The van der Waals surface area contributed by atoms with Crippen LogP contribution >= 0.6 is 0 Å². The highest BCUT2D eigenvalue weighted by molar-refractivity contribution is 6.24. The zero-order valence-electron chi connectivity index (χ0n) is 14.4. The van der Waals surface area contributed by atoms with Crippen LogP contribution in [0.1, 0.15) is 0 Å². The molecule has 0 N–H and O–H groups in total. The van der Waals surface area contributed by atoms with E-state index in [0.717, 1.165) is 29.2 Å². The maximum absolute atomic E-state index is 12.4. The van der Waals surface area contributed by atoms with Crippen LogP contribution in [0.5, 0.6) is 5.75 Å². The summed E-state index contributed by atoms with van der Waals surface area (Å²) in [6.07, 6.45) is 0. The van der Waals surface area contributed by atoms with Gasteiger partial charge in [0.15, 0.2) is 0 Å². The van der Waals surface area contributed by atoms with E-state index in [4.69, 9.17) is 9.47 Å². The van der Waals surface area contributed by atoms with E-state index in [9.17, 15) is 4.79 Å². The summed E-state index contributed by atoms with van der Waals surface area (Å²) >= 11 is 0. The van der Waals surface area contributed by atoms with Crippen LogP contribution in [0.15, 0.2) is 54.6 Å². The highest BCUT2D eigenvalue weighted by Gasteiger charge is 2.17. The predicted molar refractivity (Wildman–Crippen MR) is 103 cm³/mol. The summed E-state index contributed by atoms with van der Waals surface area (Å²) in [5.74, 6) is 0.413. The number of rotatable bonds is 3. The minimum absolute atomic E-state index is 0.220.